The molecule has 0 aliphatic rings. The standard InChI is InChI=1S/C14H12N2O2S2/c1-18-14(17)9(7-15)6-10-2-4-12(19-10)13-5-3-11(8-16)20-13/h2-6H,8,16H2,1H3. The Morgan fingerprint density at radius 1 is 1.35 bits per heavy atom. The topological polar surface area (TPSA) is 76.1 Å². The summed E-state index contributed by atoms with van der Waals surface area (Å²) in [7, 11) is 1.26. The van der Waals surface area contributed by atoms with E-state index in [1.165, 1.54) is 24.5 Å². The van der Waals surface area contributed by atoms with Crippen LogP contribution in [0.1, 0.15) is 9.75 Å². The lowest BCUT2D eigenvalue weighted by atomic mass is 10.2. The molecule has 2 heterocycles. The first-order valence-electron chi connectivity index (χ1n) is 5.77. The van der Waals surface area contributed by atoms with Crippen molar-refractivity contribution in [1.29, 1.82) is 5.26 Å². The Labute approximate surface area is 124 Å². The summed E-state index contributed by atoms with van der Waals surface area (Å²) in [6.45, 7) is 0.531. The number of ether oxygens (including phenoxy) is 1. The molecule has 102 valence electrons. The molecule has 0 aliphatic heterocycles. The Balaban J connectivity index is 2.27. The molecule has 2 aromatic rings. The third kappa shape index (κ3) is 3.14. The minimum absolute atomic E-state index is 0.00488. The lowest BCUT2D eigenvalue weighted by Gasteiger charge is -1.94. The van der Waals surface area contributed by atoms with E-state index in [4.69, 9.17) is 11.0 Å². The van der Waals surface area contributed by atoms with Crippen LogP contribution in [0.5, 0.6) is 0 Å². The molecule has 2 N–H and O–H groups in total. The summed E-state index contributed by atoms with van der Waals surface area (Å²) in [6.07, 6.45) is 1.54. The van der Waals surface area contributed by atoms with Gasteiger partial charge in [-0.1, -0.05) is 0 Å². The van der Waals surface area contributed by atoms with Gasteiger partial charge < -0.3 is 10.5 Å². The highest BCUT2D eigenvalue weighted by Gasteiger charge is 2.10. The maximum absolute atomic E-state index is 11.3. The van der Waals surface area contributed by atoms with Crippen LogP contribution in [-0.2, 0) is 16.1 Å². The summed E-state index contributed by atoms with van der Waals surface area (Å²) in [6, 6.07) is 9.72. The summed E-state index contributed by atoms with van der Waals surface area (Å²) in [5, 5.41) is 8.92. The second kappa shape index (κ2) is 6.48. The summed E-state index contributed by atoms with van der Waals surface area (Å²) >= 11 is 3.16. The van der Waals surface area contributed by atoms with Crippen molar-refractivity contribution in [3.63, 3.8) is 0 Å². The van der Waals surface area contributed by atoms with Gasteiger partial charge >= 0.3 is 5.97 Å². The monoisotopic (exact) mass is 304 g/mol. The highest BCUT2D eigenvalue weighted by atomic mass is 32.1. The van der Waals surface area contributed by atoms with Crippen molar-refractivity contribution in [2.24, 2.45) is 5.73 Å². The Hall–Kier alpha value is -1.94. The van der Waals surface area contributed by atoms with Crippen molar-refractivity contribution in [3.8, 4) is 15.8 Å². The molecule has 0 unspecified atom stereocenters. The average Bonchev–Trinajstić information content (AvgIpc) is 3.12. The number of esters is 1. The van der Waals surface area contributed by atoms with Crippen LogP contribution in [0.2, 0.25) is 0 Å². The Morgan fingerprint density at radius 3 is 2.65 bits per heavy atom. The molecule has 6 heteroatoms. The number of nitrogens with two attached hydrogens (primary N) is 1. The largest absolute Gasteiger partial charge is 0.465 e. The molecule has 0 saturated heterocycles. The van der Waals surface area contributed by atoms with Gasteiger partial charge in [0, 0.05) is 26.1 Å². The van der Waals surface area contributed by atoms with Gasteiger partial charge in [-0.05, 0) is 30.3 Å². The fourth-order valence-electron chi connectivity index (χ4n) is 1.57. The number of thiophene rings is 2. The normalized spacial score (nSPS) is 11.2. The molecule has 0 amide bonds. The van der Waals surface area contributed by atoms with Crippen LogP contribution in [0.15, 0.2) is 29.8 Å². The minimum atomic E-state index is -0.621. The van der Waals surface area contributed by atoms with E-state index in [-0.39, 0.29) is 5.57 Å². The Morgan fingerprint density at radius 2 is 2.05 bits per heavy atom. The lowest BCUT2D eigenvalue weighted by Crippen LogP contribution is -2.02. The Bertz CT molecular complexity index is 692. The van der Waals surface area contributed by atoms with Crippen LogP contribution in [-0.4, -0.2) is 13.1 Å². The smallest absolute Gasteiger partial charge is 0.348 e. The first kappa shape index (κ1) is 14.5. The molecule has 0 fully saturated rings. The van der Waals surface area contributed by atoms with E-state index in [0.717, 1.165) is 19.5 Å². The number of rotatable bonds is 4. The third-order valence-corrected chi connectivity index (χ3v) is 4.88. The molecule has 0 bridgehead atoms. The maximum Gasteiger partial charge on any atom is 0.348 e. The predicted octanol–water partition coefficient (Wildman–Crippen LogP) is 3.02. The molecule has 4 nitrogen and oxygen atoms in total. The summed E-state index contributed by atoms with van der Waals surface area (Å²) < 4.78 is 4.55. The van der Waals surface area contributed by atoms with E-state index in [0.29, 0.717) is 6.54 Å². The maximum atomic E-state index is 11.3. The van der Waals surface area contributed by atoms with Gasteiger partial charge in [0.2, 0.25) is 0 Å². The minimum Gasteiger partial charge on any atom is -0.465 e. The molecular weight excluding hydrogens is 292 g/mol. The van der Waals surface area contributed by atoms with Crippen LogP contribution in [0.25, 0.3) is 15.8 Å². The predicted molar refractivity (Wildman–Crippen MR) is 81.1 cm³/mol. The molecule has 20 heavy (non-hydrogen) atoms. The van der Waals surface area contributed by atoms with Crippen LogP contribution < -0.4 is 5.73 Å². The number of methoxy groups -OCH3 is 1. The fourth-order valence-corrected chi connectivity index (χ4v) is 3.50. The van der Waals surface area contributed by atoms with Gasteiger partial charge in [0.1, 0.15) is 11.6 Å². The zero-order valence-corrected chi connectivity index (χ0v) is 12.4. The van der Waals surface area contributed by atoms with E-state index >= 15 is 0 Å². The highest BCUT2D eigenvalue weighted by molar-refractivity contribution is 7.22. The fraction of sp³-hybridized carbons (Fsp3) is 0.143. The third-order valence-electron chi connectivity index (χ3n) is 2.54. The lowest BCUT2D eigenvalue weighted by molar-refractivity contribution is -0.135. The number of nitriles is 1. The van der Waals surface area contributed by atoms with Gasteiger partial charge in [-0.25, -0.2) is 4.79 Å². The van der Waals surface area contributed by atoms with E-state index in [1.807, 2.05) is 30.3 Å². The van der Waals surface area contributed by atoms with E-state index in [1.54, 1.807) is 11.3 Å². The van der Waals surface area contributed by atoms with Crippen LogP contribution in [0, 0.1) is 11.3 Å². The summed E-state index contributed by atoms with van der Waals surface area (Å²) in [4.78, 5) is 15.5. The molecule has 0 spiro atoms. The zero-order valence-electron chi connectivity index (χ0n) is 10.8. The number of hydrogen-bond donors (Lipinski definition) is 1. The number of carbonyl (C=O) groups is 1. The van der Waals surface area contributed by atoms with Crippen LogP contribution >= 0.6 is 22.7 Å². The average molecular weight is 304 g/mol. The van der Waals surface area contributed by atoms with Crippen molar-refractivity contribution < 1.29 is 9.53 Å². The summed E-state index contributed by atoms with van der Waals surface area (Å²) in [5.74, 6) is -0.621. The molecule has 2 aromatic heterocycles. The first-order chi connectivity index (χ1) is 9.67. The van der Waals surface area contributed by atoms with Crippen molar-refractivity contribution in [1.82, 2.24) is 0 Å². The van der Waals surface area contributed by atoms with Crippen LogP contribution in [0.3, 0.4) is 0 Å². The molecular formula is C14H12N2O2S2. The molecule has 0 atom stereocenters. The van der Waals surface area contributed by atoms with E-state index < -0.39 is 5.97 Å². The van der Waals surface area contributed by atoms with Crippen LogP contribution in [0.4, 0.5) is 0 Å². The number of carbonyl (C=O) groups excluding carboxylic acids is 1. The molecule has 0 saturated carbocycles. The summed E-state index contributed by atoms with van der Waals surface area (Å²) in [5.41, 5.74) is 5.59. The second-order valence-corrected chi connectivity index (χ2v) is 6.12. The number of nitrogens with zero attached hydrogens (tertiary/aromatic N) is 1. The quantitative estimate of drug-likeness (QED) is 0.535. The van der Waals surface area contributed by atoms with E-state index in [9.17, 15) is 4.79 Å². The van der Waals surface area contributed by atoms with Crippen molar-refractivity contribution >= 4 is 34.7 Å². The van der Waals surface area contributed by atoms with Crippen molar-refractivity contribution in [2.45, 2.75) is 6.54 Å². The molecule has 0 aliphatic carbocycles. The van der Waals surface area contributed by atoms with Gasteiger partial charge in [-0.2, -0.15) is 5.26 Å². The number of hydrogen-bond acceptors (Lipinski definition) is 6. The van der Waals surface area contributed by atoms with Crippen molar-refractivity contribution in [3.05, 3.63) is 39.6 Å². The van der Waals surface area contributed by atoms with Gasteiger partial charge in [-0.15, -0.1) is 22.7 Å². The molecule has 0 aromatic carbocycles. The van der Waals surface area contributed by atoms with Gasteiger partial charge in [0.25, 0.3) is 0 Å². The molecule has 0 radical (unpaired) electrons. The molecule has 2 rings (SSSR count). The first-order valence-corrected chi connectivity index (χ1v) is 7.40. The Kier molecular flexibility index (Phi) is 4.69. The SMILES string of the molecule is COC(=O)C(C#N)=Cc1ccc(-c2ccc(CN)s2)s1. The van der Waals surface area contributed by atoms with Crippen molar-refractivity contribution in [2.75, 3.05) is 7.11 Å². The second-order valence-electron chi connectivity index (χ2n) is 3.83. The van der Waals surface area contributed by atoms with Gasteiger partial charge in [0.15, 0.2) is 0 Å². The van der Waals surface area contributed by atoms with E-state index in [2.05, 4.69) is 4.74 Å². The highest BCUT2D eigenvalue weighted by Crippen LogP contribution is 2.34. The van der Waals surface area contributed by atoms with Gasteiger partial charge in [-0.3, -0.25) is 0 Å². The van der Waals surface area contributed by atoms with Gasteiger partial charge in [0.05, 0.1) is 7.11 Å². The zero-order chi connectivity index (χ0) is 14.5.